The van der Waals surface area contributed by atoms with E-state index in [1.807, 2.05) is 0 Å². The molecular formula is C13H15FN2O4S. The van der Waals surface area contributed by atoms with Gasteiger partial charge in [0.05, 0.1) is 10.5 Å². The Labute approximate surface area is 121 Å². The smallest absolute Gasteiger partial charge is 0.257 e. The summed E-state index contributed by atoms with van der Waals surface area (Å²) in [4.78, 5) is 24.7. The lowest BCUT2D eigenvalue weighted by atomic mass is 10.1. The van der Waals surface area contributed by atoms with Gasteiger partial charge in [-0.05, 0) is 31.0 Å². The molecule has 8 heteroatoms. The Bertz CT molecular complexity index is 702. The number of likely N-dealkylation sites (tertiary alicyclic amines) is 1. The molecule has 0 bridgehead atoms. The summed E-state index contributed by atoms with van der Waals surface area (Å²) >= 11 is 0. The van der Waals surface area contributed by atoms with Gasteiger partial charge in [0.2, 0.25) is 5.91 Å². The number of primary amides is 1. The van der Waals surface area contributed by atoms with Gasteiger partial charge in [-0.15, -0.1) is 0 Å². The van der Waals surface area contributed by atoms with Crippen molar-refractivity contribution in [1.29, 1.82) is 0 Å². The fourth-order valence-electron chi connectivity index (χ4n) is 2.36. The summed E-state index contributed by atoms with van der Waals surface area (Å²) in [5.41, 5.74) is 4.85. The van der Waals surface area contributed by atoms with E-state index < -0.39 is 33.5 Å². The first-order chi connectivity index (χ1) is 9.71. The second kappa shape index (κ2) is 5.44. The molecule has 1 aromatic carbocycles. The van der Waals surface area contributed by atoms with Crippen LogP contribution in [0.25, 0.3) is 0 Å². The van der Waals surface area contributed by atoms with Crippen LogP contribution in [-0.4, -0.2) is 44.0 Å². The van der Waals surface area contributed by atoms with Gasteiger partial charge in [-0.1, -0.05) is 0 Å². The fraction of sp³-hybridized carbons (Fsp3) is 0.385. The Morgan fingerprint density at radius 1 is 1.38 bits per heavy atom. The van der Waals surface area contributed by atoms with Crippen molar-refractivity contribution in [2.75, 3.05) is 12.8 Å². The topological polar surface area (TPSA) is 97.5 Å². The molecular weight excluding hydrogens is 299 g/mol. The molecule has 1 atom stereocenters. The average molecular weight is 314 g/mol. The maximum atomic E-state index is 13.8. The first-order valence-corrected chi connectivity index (χ1v) is 8.21. The Hall–Kier alpha value is -1.96. The summed E-state index contributed by atoms with van der Waals surface area (Å²) in [6.07, 6.45) is 1.98. The second-order valence-electron chi connectivity index (χ2n) is 4.97. The number of nitrogens with two attached hydrogens (primary N) is 1. The lowest BCUT2D eigenvalue weighted by Crippen LogP contribution is -2.44. The van der Waals surface area contributed by atoms with E-state index >= 15 is 0 Å². The highest BCUT2D eigenvalue weighted by molar-refractivity contribution is 7.90. The molecule has 0 saturated carbocycles. The Morgan fingerprint density at radius 3 is 2.62 bits per heavy atom. The number of nitrogens with zero attached hydrogens (tertiary/aromatic N) is 1. The minimum atomic E-state index is -3.56. The highest BCUT2D eigenvalue weighted by atomic mass is 32.2. The summed E-state index contributed by atoms with van der Waals surface area (Å²) in [6.45, 7) is 0.287. The largest absolute Gasteiger partial charge is 0.368 e. The number of sulfone groups is 1. The van der Waals surface area contributed by atoms with Crippen molar-refractivity contribution in [3.63, 3.8) is 0 Å². The van der Waals surface area contributed by atoms with Gasteiger partial charge in [-0.2, -0.15) is 0 Å². The summed E-state index contributed by atoms with van der Waals surface area (Å²) in [6, 6.07) is 2.23. The number of benzene rings is 1. The minimum Gasteiger partial charge on any atom is -0.368 e. The van der Waals surface area contributed by atoms with Gasteiger partial charge < -0.3 is 10.6 Å². The zero-order valence-corrected chi connectivity index (χ0v) is 12.2. The molecule has 0 spiro atoms. The van der Waals surface area contributed by atoms with Crippen LogP contribution in [0, 0.1) is 5.82 Å². The van der Waals surface area contributed by atoms with Crippen LogP contribution in [-0.2, 0) is 14.6 Å². The predicted octanol–water partition coefficient (Wildman–Crippen LogP) is 0.319. The lowest BCUT2D eigenvalue weighted by Gasteiger charge is -2.22. The van der Waals surface area contributed by atoms with Crippen LogP contribution < -0.4 is 5.73 Å². The SMILES string of the molecule is CS(=O)(=O)c1ccc(F)c(C(=O)N2CCC[C@@H]2C(N)=O)c1. The molecule has 6 nitrogen and oxygen atoms in total. The predicted molar refractivity (Wildman–Crippen MR) is 72.8 cm³/mol. The fourth-order valence-corrected chi connectivity index (χ4v) is 3.01. The maximum absolute atomic E-state index is 13.8. The zero-order chi connectivity index (χ0) is 15.8. The highest BCUT2D eigenvalue weighted by Crippen LogP contribution is 2.23. The van der Waals surface area contributed by atoms with E-state index in [1.165, 1.54) is 4.90 Å². The molecule has 1 saturated heterocycles. The number of amides is 2. The van der Waals surface area contributed by atoms with Gasteiger partial charge >= 0.3 is 0 Å². The van der Waals surface area contributed by atoms with Crippen LogP contribution in [0.5, 0.6) is 0 Å². The molecule has 0 unspecified atom stereocenters. The van der Waals surface area contributed by atoms with Crippen LogP contribution in [0.1, 0.15) is 23.2 Å². The average Bonchev–Trinajstić information content (AvgIpc) is 2.86. The van der Waals surface area contributed by atoms with Crippen molar-refractivity contribution in [1.82, 2.24) is 4.90 Å². The van der Waals surface area contributed by atoms with Crippen molar-refractivity contribution < 1.29 is 22.4 Å². The zero-order valence-electron chi connectivity index (χ0n) is 11.4. The molecule has 1 aliphatic rings. The highest BCUT2D eigenvalue weighted by Gasteiger charge is 2.34. The van der Waals surface area contributed by atoms with Crippen molar-refractivity contribution in [2.45, 2.75) is 23.8 Å². The number of rotatable bonds is 3. The second-order valence-corrected chi connectivity index (χ2v) is 6.99. The number of carbonyl (C=O) groups excluding carboxylic acids is 2. The number of halogens is 1. The molecule has 2 amide bonds. The quantitative estimate of drug-likeness (QED) is 0.812. The third kappa shape index (κ3) is 3.05. The van der Waals surface area contributed by atoms with Crippen LogP contribution in [0.2, 0.25) is 0 Å². The van der Waals surface area contributed by atoms with Crippen molar-refractivity contribution in [3.05, 3.63) is 29.6 Å². The first kappa shape index (κ1) is 15.4. The van der Waals surface area contributed by atoms with E-state index in [-0.39, 0.29) is 17.0 Å². The lowest BCUT2D eigenvalue weighted by molar-refractivity contribution is -0.121. The first-order valence-electron chi connectivity index (χ1n) is 6.31. The molecule has 1 aliphatic heterocycles. The molecule has 2 N–H and O–H groups in total. The Balaban J connectivity index is 2.41. The molecule has 2 rings (SSSR count). The normalized spacial score (nSPS) is 18.8. The van der Waals surface area contributed by atoms with Gasteiger partial charge in [0.25, 0.3) is 5.91 Å². The third-order valence-corrected chi connectivity index (χ3v) is 4.55. The van der Waals surface area contributed by atoms with Crippen LogP contribution in [0.3, 0.4) is 0 Å². The summed E-state index contributed by atoms with van der Waals surface area (Å²) in [7, 11) is -3.56. The molecule has 1 aromatic rings. The maximum Gasteiger partial charge on any atom is 0.257 e. The molecule has 0 aliphatic carbocycles. The van der Waals surface area contributed by atoms with E-state index in [0.29, 0.717) is 12.8 Å². The van der Waals surface area contributed by atoms with Crippen LogP contribution in [0.4, 0.5) is 4.39 Å². The molecule has 0 radical (unpaired) electrons. The summed E-state index contributed by atoms with van der Waals surface area (Å²) in [5, 5.41) is 0. The van der Waals surface area contributed by atoms with Crippen LogP contribution in [0.15, 0.2) is 23.1 Å². The summed E-state index contributed by atoms with van der Waals surface area (Å²) < 4.78 is 36.8. The van der Waals surface area contributed by atoms with Gasteiger partial charge in [-0.3, -0.25) is 9.59 Å². The van der Waals surface area contributed by atoms with Gasteiger partial charge in [0, 0.05) is 12.8 Å². The van der Waals surface area contributed by atoms with Crippen molar-refractivity contribution in [2.24, 2.45) is 5.73 Å². The standard InChI is InChI=1S/C13H15FN2O4S/c1-21(19,20)8-4-5-10(14)9(7-8)13(18)16-6-2-3-11(16)12(15)17/h4-5,7,11H,2-3,6H2,1H3,(H2,15,17)/t11-/m1/s1. The monoisotopic (exact) mass is 314 g/mol. The van der Waals surface area contributed by atoms with Gasteiger partial charge in [0.15, 0.2) is 9.84 Å². The molecule has 1 fully saturated rings. The van der Waals surface area contributed by atoms with E-state index in [2.05, 4.69) is 0 Å². The minimum absolute atomic E-state index is 0.151. The number of carbonyl (C=O) groups is 2. The van der Waals surface area contributed by atoms with E-state index in [4.69, 9.17) is 5.73 Å². The molecule has 1 heterocycles. The number of hydrogen-bond acceptors (Lipinski definition) is 4. The van der Waals surface area contributed by atoms with E-state index in [0.717, 1.165) is 24.5 Å². The van der Waals surface area contributed by atoms with E-state index in [9.17, 15) is 22.4 Å². The summed E-state index contributed by atoms with van der Waals surface area (Å²) in [5.74, 6) is -2.21. The molecule has 21 heavy (non-hydrogen) atoms. The van der Waals surface area contributed by atoms with Crippen molar-refractivity contribution >= 4 is 21.7 Å². The Morgan fingerprint density at radius 2 is 2.05 bits per heavy atom. The van der Waals surface area contributed by atoms with E-state index in [1.54, 1.807) is 0 Å². The molecule has 0 aromatic heterocycles. The van der Waals surface area contributed by atoms with Crippen molar-refractivity contribution in [3.8, 4) is 0 Å². The third-order valence-electron chi connectivity index (χ3n) is 3.44. The van der Waals surface area contributed by atoms with Gasteiger partial charge in [-0.25, -0.2) is 12.8 Å². The molecule has 114 valence electrons. The van der Waals surface area contributed by atoms with Gasteiger partial charge in [0.1, 0.15) is 11.9 Å². The Kier molecular flexibility index (Phi) is 3.99. The van der Waals surface area contributed by atoms with Crippen LogP contribution >= 0.6 is 0 Å². The number of hydrogen-bond donors (Lipinski definition) is 1.